The van der Waals surface area contributed by atoms with Crippen molar-refractivity contribution in [3.63, 3.8) is 0 Å². The molecule has 0 unspecified atom stereocenters. The lowest BCUT2D eigenvalue weighted by Gasteiger charge is -2.32. The third kappa shape index (κ3) is 7.01. The summed E-state index contributed by atoms with van der Waals surface area (Å²) in [6, 6.07) is 10.6. The summed E-state index contributed by atoms with van der Waals surface area (Å²) < 4.78 is 0. The zero-order valence-corrected chi connectivity index (χ0v) is 19.1. The van der Waals surface area contributed by atoms with Crippen LogP contribution in [0.5, 0.6) is 0 Å². The first kappa shape index (κ1) is 22.5. The van der Waals surface area contributed by atoms with Crippen molar-refractivity contribution in [3.05, 3.63) is 59.7 Å². The van der Waals surface area contributed by atoms with Crippen LogP contribution in [0.25, 0.3) is 0 Å². The third-order valence-corrected chi connectivity index (χ3v) is 4.89. The van der Waals surface area contributed by atoms with E-state index >= 15 is 0 Å². The molecule has 2 aromatic rings. The fourth-order valence-electron chi connectivity index (χ4n) is 3.31. The predicted octanol–water partition coefficient (Wildman–Crippen LogP) is 3.12. The summed E-state index contributed by atoms with van der Waals surface area (Å²) in [4.78, 5) is 16.1. The van der Waals surface area contributed by atoms with Crippen molar-refractivity contribution < 1.29 is 0 Å². The number of aryl methyl sites for hydroxylation is 1. The van der Waals surface area contributed by atoms with Crippen molar-refractivity contribution >= 4 is 29.9 Å². The van der Waals surface area contributed by atoms with E-state index in [0.717, 1.165) is 56.4 Å². The molecule has 0 radical (unpaired) electrons. The highest BCUT2D eigenvalue weighted by Crippen LogP contribution is 2.13. The Kier molecular flexibility index (Phi) is 9.63. The molecule has 0 bridgehead atoms. The molecule has 6 nitrogen and oxygen atoms in total. The molecule has 1 aliphatic heterocycles. The zero-order valence-electron chi connectivity index (χ0n) is 16.8. The minimum absolute atomic E-state index is 0. The maximum Gasteiger partial charge on any atom is 0.191 e. The maximum atomic E-state index is 4.73. The van der Waals surface area contributed by atoms with E-state index in [4.69, 9.17) is 4.99 Å². The van der Waals surface area contributed by atoms with Crippen molar-refractivity contribution in [2.45, 2.75) is 45.8 Å². The third-order valence-electron chi connectivity index (χ3n) is 4.89. The van der Waals surface area contributed by atoms with Gasteiger partial charge in [-0.05, 0) is 50.5 Å². The summed E-state index contributed by atoms with van der Waals surface area (Å²) in [6.07, 6.45) is 5.92. The molecule has 0 spiro atoms. The van der Waals surface area contributed by atoms with Crippen LogP contribution in [0.3, 0.4) is 0 Å². The van der Waals surface area contributed by atoms with Gasteiger partial charge in [-0.25, -0.2) is 4.99 Å². The van der Waals surface area contributed by atoms with Crippen LogP contribution in [-0.4, -0.2) is 46.5 Å². The van der Waals surface area contributed by atoms with Crippen LogP contribution in [0.4, 0.5) is 0 Å². The van der Waals surface area contributed by atoms with Crippen LogP contribution < -0.4 is 10.6 Å². The highest BCUT2D eigenvalue weighted by molar-refractivity contribution is 14.0. The Morgan fingerprint density at radius 1 is 1.14 bits per heavy atom. The SMILES string of the molecule is CCNC(=NCc1ncccc1C)NC1CCN(Cc2ccccn2)CC1.I. The Morgan fingerprint density at radius 3 is 2.61 bits per heavy atom. The average Bonchev–Trinajstić information content (AvgIpc) is 2.70. The number of halogens is 1. The molecule has 1 aliphatic rings. The van der Waals surface area contributed by atoms with Crippen molar-refractivity contribution in [2.75, 3.05) is 19.6 Å². The lowest BCUT2D eigenvalue weighted by Crippen LogP contribution is -2.48. The number of nitrogens with one attached hydrogen (secondary N) is 2. The fraction of sp³-hybridized carbons (Fsp3) is 0.476. The van der Waals surface area contributed by atoms with Gasteiger partial charge in [0.25, 0.3) is 0 Å². The topological polar surface area (TPSA) is 65.4 Å². The quantitative estimate of drug-likeness (QED) is 0.367. The van der Waals surface area contributed by atoms with Crippen molar-refractivity contribution in [1.82, 2.24) is 25.5 Å². The second kappa shape index (κ2) is 12.0. The van der Waals surface area contributed by atoms with Gasteiger partial charge in [-0.15, -0.1) is 24.0 Å². The van der Waals surface area contributed by atoms with Crippen LogP contribution in [0.15, 0.2) is 47.7 Å². The van der Waals surface area contributed by atoms with Crippen LogP contribution in [0.2, 0.25) is 0 Å². The summed E-state index contributed by atoms with van der Waals surface area (Å²) in [6.45, 7) is 8.71. The Morgan fingerprint density at radius 2 is 1.93 bits per heavy atom. The molecule has 28 heavy (non-hydrogen) atoms. The van der Waals surface area contributed by atoms with E-state index in [1.807, 2.05) is 24.5 Å². The Balaban J connectivity index is 0.00000280. The molecule has 2 aromatic heterocycles. The van der Waals surface area contributed by atoms with Crippen LogP contribution in [-0.2, 0) is 13.1 Å². The molecule has 152 valence electrons. The van der Waals surface area contributed by atoms with Gasteiger partial charge in [0, 0.05) is 44.6 Å². The van der Waals surface area contributed by atoms with Crippen LogP contribution >= 0.6 is 24.0 Å². The second-order valence-corrected chi connectivity index (χ2v) is 6.98. The molecule has 0 saturated carbocycles. The molecule has 3 heterocycles. The molecule has 0 aromatic carbocycles. The van der Waals surface area contributed by atoms with E-state index in [2.05, 4.69) is 57.5 Å². The highest BCUT2D eigenvalue weighted by Gasteiger charge is 2.20. The summed E-state index contributed by atoms with van der Waals surface area (Å²) in [5.41, 5.74) is 3.35. The Labute approximate surface area is 185 Å². The molecule has 0 aliphatic carbocycles. The molecular formula is C21H31IN6. The minimum atomic E-state index is 0. The summed E-state index contributed by atoms with van der Waals surface area (Å²) in [5.74, 6) is 0.880. The number of aliphatic imine (C=N–C) groups is 1. The molecule has 2 N–H and O–H groups in total. The number of pyridine rings is 2. The average molecular weight is 494 g/mol. The molecule has 0 amide bonds. The van der Waals surface area contributed by atoms with Gasteiger partial charge in [-0.2, -0.15) is 0 Å². The molecule has 0 atom stereocenters. The van der Waals surface area contributed by atoms with Crippen LogP contribution in [0.1, 0.15) is 36.7 Å². The number of hydrogen-bond donors (Lipinski definition) is 2. The fourth-order valence-corrected chi connectivity index (χ4v) is 3.31. The standard InChI is InChI=1S/C21H30N6.HI/c1-3-22-21(25-15-20-17(2)7-6-12-24-20)26-18-9-13-27(14-10-18)16-19-8-4-5-11-23-19;/h4-8,11-12,18H,3,9-10,13-16H2,1-2H3,(H2,22,25,26);1H. The van der Waals surface area contributed by atoms with Crippen molar-refractivity contribution in [2.24, 2.45) is 4.99 Å². The molecule has 1 saturated heterocycles. The highest BCUT2D eigenvalue weighted by atomic mass is 127. The van der Waals surface area contributed by atoms with Crippen LogP contribution in [0, 0.1) is 6.92 Å². The van der Waals surface area contributed by atoms with E-state index in [0.29, 0.717) is 12.6 Å². The largest absolute Gasteiger partial charge is 0.357 e. The Bertz CT molecular complexity index is 729. The first-order valence-corrected chi connectivity index (χ1v) is 9.82. The van der Waals surface area contributed by atoms with E-state index < -0.39 is 0 Å². The zero-order chi connectivity index (χ0) is 18.9. The first-order valence-electron chi connectivity index (χ1n) is 9.82. The van der Waals surface area contributed by atoms with Gasteiger partial charge < -0.3 is 10.6 Å². The normalized spacial score (nSPS) is 15.7. The smallest absolute Gasteiger partial charge is 0.191 e. The van der Waals surface area contributed by atoms with Gasteiger partial charge in [0.2, 0.25) is 0 Å². The number of likely N-dealkylation sites (tertiary alicyclic amines) is 1. The molecule has 7 heteroatoms. The maximum absolute atomic E-state index is 4.73. The number of guanidine groups is 1. The monoisotopic (exact) mass is 494 g/mol. The predicted molar refractivity (Wildman–Crippen MR) is 125 cm³/mol. The van der Waals surface area contributed by atoms with E-state index in [1.165, 1.54) is 5.56 Å². The number of piperidine rings is 1. The van der Waals surface area contributed by atoms with Gasteiger partial charge >= 0.3 is 0 Å². The van der Waals surface area contributed by atoms with Gasteiger partial charge in [-0.3, -0.25) is 14.9 Å². The van der Waals surface area contributed by atoms with Gasteiger partial charge in [0.15, 0.2) is 5.96 Å². The number of nitrogens with zero attached hydrogens (tertiary/aromatic N) is 4. The number of aromatic nitrogens is 2. The molecular weight excluding hydrogens is 463 g/mol. The second-order valence-electron chi connectivity index (χ2n) is 6.98. The van der Waals surface area contributed by atoms with Gasteiger partial charge in [0.1, 0.15) is 0 Å². The number of hydrogen-bond acceptors (Lipinski definition) is 4. The lowest BCUT2D eigenvalue weighted by atomic mass is 10.0. The first-order chi connectivity index (χ1) is 13.2. The summed E-state index contributed by atoms with van der Waals surface area (Å²) in [5, 5.41) is 6.96. The lowest BCUT2D eigenvalue weighted by molar-refractivity contribution is 0.196. The number of rotatable bonds is 6. The summed E-state index contributed by atoms with van der Waals surface area (Å²) >= 11 is 0. The van der Waals surface area contributed by atoms with Crippen molar-refractivity contribution in [1.29, 1.82) is 0 Å². The van der Waals surface area contributed by atoms with E-state index in [9.17, 15) is 0 Å². The van der Waals surface area contributed by atoms with E-state index in [1.54, 1.807) is 0 Å². The molecule has 3 rings (SSSR count). The van der Waals surface area contributed by atoms with Crippen molar-refractivity contribution in [3.8, 4) is 0 Å². The Hall–Kier alpha value is -1.74. The van der Waals surface area contributed by atoms with E-state index in [-0.39, 0.29) is 24.0 Å². The molecule has 1 fully saturated rings. The van der Waals surface area contributed by atoms with Gasteiger partial charge in [-0.1, -0.05) is 12.1 Å². The minimum Gasteiger partial charge on any atom is -0.357 e. The van der Waals surface area contributed by atoms with Gasteiger partial charge in [0.05, 0.1) is 17.9 Å². The summed E-state index contributed by atoms with van der Waals surface area (Å²) in [7, 11) is 0.